The lowest BCUT2D eigenvalue weighted by Gasteiger charge is -2.17. The summed E-state index contributed by atoms with van der Waals surface area (Å²) in [6.07, 6.45) is 0.760. The molecule has 0 bridgehead atoms. The molecule has 3 aromatic rings. The van der Waals surface area contributed by atoms with Gasteiger partial charge in [-0.05, 0) is 38.6 Å². The number of hydrogen-bond donors (Lipinski definition) is 0. The smallest absolute Gasteiger partial charge is 0.341 e. The Bertz CT molecular complexity index is 1040. The van der Waals surface area contributed by atoms with Gasteiger partial charge >= 0.3 is 5.97 Å². The van der Waals surface area contributed by atoms with Gasteiger partial charge in [-0.3, -0.25) is 4.79 Å². The zero-order valence-corrected chi connectivity index (χ0v) is 17.2. The van der Waals surface area contributed by atoms with E-state index in [0.717, 1.165) is 31.6 Å². The van der Waals surface area contributed by atoms with Crippen molar-refractivity contribution in [2.45, 2.75) is 27.2 Å². The summed E-state index contributed by atoms with van der Waals surface area (Å²) in [5, 5.41) is 0.389. The lowest BCUT2D eigenvalue weighted by Crippen LogP contribution is -2.25. The number of carbonyl (C=O) groups excluding carboxylic acids is 1. The molecule has 0 N–H and O–H groups in total. The second kappa shape index (κ2) is 9.52. The van der Waals surface area contributed by atoms with Crippen LogP contribution in [0.15, 0.2) is 57.7 Å². The van der Waals surface area contributed by atoms with Gasteiger partial charge in [-0.25, -0.2) is 4.79 Å². The number of benzene rings is 2. The number of nitrogens with zero attached hydrogens (tertiary/aromatic N) is 1. The monoisotopic (exact) mass is 393 g/mol. The first-order valence-electron chi connectivity index (χ1n) is 10.1. The molecular formula is C24H27NO4. The van der Waals surface area contributed by atoms with Gasteiger partial charge in [0.05, 0.1) is 12.0 Å². The van der Waals surface area contributed by atoms with Crippen LogP contribution in [0.4, 0.5) is 0 Å². The van der Waals surface area contributed by atoms with Gasteiger partial charge in [-0.2, -0.15) is 0 Å². The van der Waals surface area contributed by atoms with Crippen molar-refractivity contribution < 1.29 is 13.9 Å². The Labute approximate surface area is 170 Å². The zero-order chi connectivity index (χ0) is 20.8. The first kappa shape index (κ1) is 20.8. The number of esters is 1. The minimum absolute atomic E-state index is 0.138. The van der Waals surface area contributed by atoms with Gasteiger partial charge in [0, 0.05) is 17.7 Å². The van der Waals surface area contributed by atoms with E-state index < -0.39 is 5.97 Å². The number of ether oxygens (including phenoxy) is 1. The minimum Gasteiger partial charge on any atom is -0.462 e. The van der Waals surface area contributed by atoms with Crippen molar-refractivity contribution >= 4 is 16.9 Å². The Morgan fingerprint density at radius 1 is 1.03 bits per heavy atom. The zero-order valence-electron chi connectivity index (χ0n) is 17.2. The first-order valence-corrected chi connectivity index (χ1v) is 10.1. The van der Waals surface area contributed by atoms with E-state index >= 15 is 0 Å². The fourth-order valence-electron chi connectivity index (χ4n) is 3.41. The van der Waals surface area contributed by atoms with Crippen LogP contribution in [-0.2, 0) is 4.74 Å². The highest BCUT2D eigenvalue weighted by atomic mass is 16.5. The highest BCUT2D eigenvalue weighted by Crippen LogP contribution is 2.27. The van der Waals surface area contributed by atoms with Crippen LogP contribution in [0.3, 0.4) is 0 Å². The summed E-state index contributed by atoms with van der Waals surface area (Å²) in [6, 6.07) is 14.4. The van der Waals surface area contributed by atoms with E-state index in [1.807, 2.05) is 30.3 Å². The number of carbonyl (C=O) groups is 1. The van der Waals surface area contributed by atoms with Crippen molar-refractivity contribution in [1.29, 1.82) is 0 Å². The molecule has 0 amide bonds. The second-order valence-electron chi connectivity index (χ2n) is 6.95. The van der Waals surface area contributed by atoms with Gasteiger partial charge in [-0.1, -0.05) is 50.2 Å². The van der Waals surface area contributed by atoms with Crippen molar-refractivity contribution in [1.82, 2.24) is 4.90 Å². The molecule has 0 aliphatic heterocycles. The van der Waals surface area contributed by atoms with Crippen LogP contribution in [0.2, 0.25) is 0 Å². The third-order valence-corrected chi connectivity index (χ3v) is 5.15. The van der Waals surface area contributed by atoms with Gasteiger partial charge in [0.2, 0.25) is 0 Å². The van der Waals surface area contributed by atoms with Crippen LogP contribution >= 0.6 is 0 Å². The molecule has 0 atom stereocenters. The summed E-state index contributed by atoms with van der Waals surface area (Å²) in [4.78, 5) is 27.8. The highest BCUT2D eigenvalue weighted by molar-refractivity contribution is 6.02. The lowest BCUT2D eigenvalue weighted by atomic mass is 10.0. The molecule has 3 rings (SSSR count). The molecule has 5 heteroatoms. The van der Waals surface area contributed by atoms with Gasteiger partial charge < -0.3 is 14.1 Å². The van der Waals surface area contributed by atoms with Crippen molar-refractivity contribution in [3.63, 3.8) is 0 Å². The summed E-state index contributed by atoms with van der Waals surface area (Å²) in [5.41, 5.74) is 1.73. The van der Waals surface area contributed by atoms with Crippen LogP contribution in [-0.4, -0.2) is 37.1 Å². The largest absolute Gasteiger partial charge is 0.462 e. The van der Waals surface area contributed by atoms with Gasteiger partial charge in [-0.15, -0.1) is 0 Å². The summed E-state index contributed by atoms with van der Waals surface area (Å²) >= 11 is 0. The van der Waals surface area contributed by atoms with E-state index in [2.05, 4.69) is 18.7 Å². The maximum Gasteiger partial charge on any atom is 0.341 e. The van der Waals surface area contributed by atoms with Crippen LogP contribution in [0, 0.1) is 6.92 Å². The van der Waals surface area contributed by atoms with Crippen LogP contribution in [0.5, 0.6) is 0 Å². The van der Waals surface area contributed by atoms with Crippen molar-refractivity contribution in [2.24, 2.45) is 0 Å². The van der Waals surface area contributed by atoms with Crippen LogP contribution < -0.4 is 5.43 Å². The van der Waals surface area contributed by atoms with E-state index in [1.165, 1.54) is 0 Å². The number of para-hydroxylation sites is 1. The van der Waals surface area contributed by atoms with E-state index in [4.69, 9.17) is 9.15 Å². The summed E-state index contributed by atoms with van der Waals surface area (Å²) in [7, 11) is 0. The molecule has 0 radical (unpaired) electrons. The third kappa shape index (κ3) is 4.57. The molecule has 29 heavy (non-hydrogen) atoms. The second-order valence-corrected chi connectivity index (χ2v) is 6.95. The predicted molar refractivity (Wildman–Crippen MR) is 115 cm³/mol. The van der Waals surface area contributed by atoms with Gasteiger partial charge in [0.1, 0.15) is 11.3 Å². The topological polar surface area (TPSA) is 59.8 Å². The van der Waals surface area contributed by atoms with Crippen LogP contribution in [0.25, 0.3) is 22.3 Å². The molecule has 1 aromatic heterocycles. The Hall–Kier alpha value is -2.92. The number of rotatable bonds is 8. The quantitative estimate of drug-likeness (QED) is 0.412. The Kier molecular flexibility index (Phi) is 6.83. The molecule has 1 heterocycles. The molecule has 0 aliphatic rings. The molecule has 0 saturated heterocycles. The summed E-state index contributed by atoms with van der Waals surface area (Å²) < 4.78 is 11.5. The van der Waals surface area contributed by atoms with Crippen molar-refractivity contribution in [3.8, 4) is 11.3 Å². The molecular weight excluding hydrogens is 366 g/mol. The van der Waals surface area contributed by atoms with Gasteiger partial charge in [0.15, 0.2) is 11.0 Å². The Morgan fingerprint density at radius 2 is 1.76 bits per heavy atom. The van der Waals surface area contributed by atoms with Crippen LogP contribution in [0.1, 0.15) is 36.2 Å². The molecule has 0 aliphatic carbocycles. The molecule has 0 unspecified atom stereocenters. The fourth-order valence-corrected chi connectivity index (χ4v) is 3.41. The predicted octanol–water partition coefficient (Wildman–Crippen LogP) is 4.66. The normalized spacial score (nSPS) is 11.2. The summed E-state index contributed by atoms with van der Waals surface area (Å²) in [6.45, 7) is 9.11. The summed E-state index contributed by atoms with van der Waals surface area (Å²) in [5.74, 6) is 0.00560. The molecule has 0 saturated carbocycles. The third-order valence-electron chi connectivity index (χ3n) is 5.15. The Balaban J connectivity index is 1.90. The Morgan fingerprint density at radius 3 is 2.45 bits per heavy atom. The fraction of sp³-hybridized carbons (Fsp3) is 0.333. The average Bonchev–Trinajstić information content (AvgIpc) is 2.76. The lowest BCUT2D eigenvalue weighted by molar-refractivity contribution is 0.0490. The van der Waals surface area contributed by atoms with E-state index in [1.54, 1.807) is 25.1 Å². The minimum atomic E-state index is -0.471. The van der Waals surface area contributed by atoms with Crippen molar-refractivity contribution in [3.05, 3.63) is 69.9 Å². The standard InChI is InChI=1S/C24H27NO4/c1-4-25(5-2)15-10-16-28-24(27)20-14-9-13-19-21(26)17(3)22(29-23(19)20)18-11-7-6-8-12-18/h6-9,11-14H,4-5,10,15-16H2,1-3H3. The first-order chi connectivity index (χ1) is 14.1. The number of hydrogen-bond acceptors (Lipinski definition) is 5. The maximum absolute atomic E-state index is 12.9. The molecule has 152 valence electrons. The van der Waals surface area contributed by atoms with Gasteiger partial charge in [0.25, 0.3) is 0 Å². The van der Waals surface area contributed by atoms with Crippen molar-refractivity contribution in [2.75, 3.05) is 26.2 Å². The number of fused-ring (bicyclic) bond motifs is 1. The SMILES string of the molecule is CCN(CC)CCCOC(=O)c1cccc2c(=O)c(C)c(-c3ccccc3)oc12. The highest BCUT2D eigenvalue weighted by Gasteiger charge is 2.19. The molecule has 0 spiro atoms. The van der Waals surface area contributed by atoms with E-state index in [9.17, 15) is 9.59 Å². The maximum atomic E-state index is 12.9. The van der Waals surface area contributed by atoms with E-state index in [-0.39, 0.29) is 16.6 Å². The molecule has 0 fully saturated rings. The average molecular weight is 393 g/mol. The molecule has 2 aromatic carbocycles. The van der Waals surface area contributed by atoms with E-state index in [0.29, 0.717) is 23.3 Å². The molecule has 5 nitrogen and oxygen atoms in total.